The van der Waals surface area contributed by atoms with Gasteiger partial charge in [-0.15, -0.1) is 0 Å². The maximum atomic E-state index is 5.24. The molecule has 116 valence electrons. The lowest BCUT2D eigenvalue weighted by Gasteiger charge is -2.14. The van der Waals surface area contributed by atoms with E-state index in [9.17, 15) is 0 Å². The quantitative estimate of drug-likeness (QED) is 0.363. The van der Waals surface area contributed by atoms with Gasteiger partial charge >= 0.3 is 0 Å². The van der Waals surface area contributed by atoms with E-state index in [0.717, 1.165) is 31.9 Å². The molecule has 0 saturated carbocycles. The molecule has 0 bridgehead atoms. The molecule has 0 saturated heterocycles. The Morgan fingerprint density at radius 3 is 2.67 bits per heavy atom. The monoisotopic (exact) mass is 326 g/mol. The molecule has 1 aromatic carbocycles. The smallest absolute Gasteiger partial charge is 0.189 e. The first kappa shape index (κ1) is 17.6. The van der Waals surface area contributed by atoms with E-state index in [1.165, 1.54) is 5.56 Å². The van der Waals surface area contributed by atoms with Crippen LogP contribution in [0.2, 0.25) is 0 Å². The summed E-state index contributed by atoms with van der Waals surface area (Å²) in [5.41, 5.74) is 7.78. The van der Waals surface area contributed by atoms with Gasteiger partial charge in [0.15, 0.2) is 10.2 Å². The first-order valence-corrected chi connectivity index (χ1v) is 7.68. The first-order chi connectivity index (χ1) is 10.1. The van der Waals surface area contributed by atoms with E-state index in [2.05, 4.69) is 21.5 Å². The number of aryl methyl sites for hydroxylation is 1. The summed E-state index contributed by atoms with van der Waals surface area (Å²) < 4.78 is 5.24. The maximum absolute atomic E-state index is 5.24. The molecule has 21 heavy (non-hydrogen) atoms. The fourth-order valence-corrected chi connectivity index (χ4v) is 1.89. The number of thiocarbonyl (C=S) groups is 2. The third kappa shape index (κ3) is 8.44. The minimum atomic E-state index is 0.457. The van der Waals surface area contributed by atoms with Gasteiger partial charge in [0, 0.05) is 25.4 Å². The molecule has 0 atom stereocenters. The molecule has 1 rings (SSSR count). The Hall–Kier alpha value is -1.44. The number of benzene rings is 1. The summed E-state index contributed by atoms with van der Waals surface area (Å²) in [6, 6.07) is 7.96. The molecule has 7 heteroatoms. The molecule has 1 aromatic rings. The SMILES string of the molecule is CCOCCCNC(=S)NNC(=S)Nc1cccc(C)c1. The Balaban J connectivity index is 2.16. The first-order valence-electron chi connectivity index (χ1n) is 6.87. The van der Waals surface area contributed by atoms with Crippen LogP contribution in [0.15, 0.2) is 24.3 Å². The van der Waals surface area contributed by atoms with Crippen molar-refractivity contribution in [2.45, 2.75) is 20.3 Å². The largest absolute Gasteiger partial charge is 0.382 e. The van der Waals surface area contributed by atoms with E-state index in [-0.39, 0.29) is 0 Å². The lowest BCUT2D eigenvalue weighted by Crippen LogP contribution is -2.48. The minimum absolute atomic E-state index is 0.457. The van der Waals surface area contributed by atoms with Crippen LogP contribution in [0.4, 0.5) is 5.69 Å². The zero-order valence-corrected chi connectivity index (χ0v) is 14.0. The van der Waals surface area contributed by atoms with E-state index >= 15 is 0 Å². The van der Waals surface area contributed by atoms with Crippen molar-refractivity contribution in [3.05, 3.63) is 29.8 Å². The molecule has 0 unspecified atom stereocenters. The average Bonchev–Trinajstić information content (AvgIpc) is 2.45. The standard InChI is InChI=1S/C14H22N4OS2/c1-3-19-9-5-8-15-13(20)17-18-14(21)16-12-7-4-6-11(2)10-12/h4,6-7,10H,3,5,8-9H2,1-2H3,(H2,15,17,20)(H2,16,18,21). The van der Waals surface area contributed by atoms with Crippen molar-refractivity contribution in [2.24, 2.45) is 0 Å². The lowest BCUT2D eigenvalue weighted by molar-refractivity contribution is 0.145. The van der Waals surface area contributed by atoms with Crippen LogP contribution in [0, 0.1) is 6.92 Å². The topological polar surface area (TPSA) is 57.4 Å². The zero-order chi connectivity index (χ0) is 15.5. The van der Waals surface area contributed by atoms with Crippen LogP contribution < -0.4 is 21.5 Å². The van der Waals surface area contributed by atoms with Gasteiger partial charge in [0.25, 0.3) is 0 Å². The molecule has 5 nitrogen and oxygen atoms in total. The highest BCUT2D eigenvalue weighted by atomic mass is 32.1. The molecule has 0 fully saturated rings. The van der Waals surface area contributed by atoms with Gasteiger partial charge in [-0.3, -0.25) is 10.9 Å². The molecular weight excluding hydrogens is 304 g/mol. The van der Waals surface area contributed by atoms with E-state index in [0.29, 0.717) is 10.2 Å². The average molecular weight is 326 g/mol. The van der Waals surface area contributed by atoms with Crippen LogP contribution in [0.1, 0.15) is 18.9 Å². The number of anilines is 1. The van der Waals surface area contributed by atoms with Gasteiger partial charge in [0.2, 0.25) is 0 Å². The Kier molecular flexibility index (Phi) is 8.65. The summed E-state index contributed by atoms with van der Waals surface area (Å²) in [7, 11) is 0. The van der Waals surface area contributed by atoms with Crippen molar-refractivity contribution < 1.29 is 4.74 Å². The molecule has 0 heterocycles. The normalized spacial score (nSPS) is 9.81. The van der Waals surface area contributed by atoms with Crippen LogP contribution in [0.3, 0.4) is 0 Å². The van der Waals surface area contributed by atoms with Crippen molar-refractivity contribution in [1.82, 2.24) is 16.2 Å². The van der Waals surface area contributed by atoms with Gasteiger partial charge in [-0.2, -0.15) is 0 Å². The summed E-state index contributed by atoms with van der Waals surface area (Å²) in [4.78, 5) is 0. The predicted octanol–water partition coefficient (Wildman–Crippen LogP) is 2.09. The van der Waals surface area contributed by atoms with Crippen LogP contribution in [0.5, 0.6) is 0 Å². The predicted molar refractivity (Wildman–Crippen MR) is 95.4 cm³/mol. The summed E-state index contributed by atoms with van der Waals surface area (Å²) >= 11 is 10.3. The Labute approximate surface area is 136 Å². The molecule has 0 aliphatic carbocycles. The second kappa shape index (κ2) is 10.3. The van der Waals surface area contributed by atoms with Crippen molar-refractivity contribution >= 4 is 40.3 Å². The highest BCUT2D eigenvalue weighted by Crippen LogP contribution is 2.08. The van der Waals surface area contributed by atoms with Crippen molar-refractivity contribution in [2.75, 3.05) is 25.1 Å². The van der Waals surface area contributed by atoms with Crippen molar-refractivity contribution in [1.29, 1.82) is 0 Å². The summed E-state index contributed by atoms with van der Waals surface area (Å²) in [5.74, 6) is 0. The number of nitrogens with one attached hydrogen (secondary N) is 4. The summed E-state index contributed by atoms with van der Waals surface area (Å²) in [6.45, 7) is 6.23. The summed E-state index contributed by atoms with van der Waals surface area (Å²) in [5, 5.41) is 7.09. The number of hydrazine groups is 1. The zero-order valence-electron chi connectivity index (χ0n) is 12.4. The molecule has 0 aromatic heterocycles. The van der Waals surface area contributed by atoms with Crippen LogP contribution >= 0.6 is 24.4 Å². The molecule has 0 aliphatic rings. The fraction of sp³-hybridized carbons (Fsp3) is 0.429. The second-order valence-electron chi connectivity index (χ2n) is 4.38. The van der Waals surface area contributed by atoms with Crippen molar-refractivity contribution in [3.8, 4) is 0 Å². The Morgan fingerprint density at radius 2 is 1.95 bits per heavy atom. The molecule has 0 radical (unpaired) electrons. The van der Waals surface area contributed by atoms with Gasteiger partial charge in [0.05, 0.1) is 0 Å². The molecule has 0 spiro atoms. The van der Waals surface area contributed by atoms with Crippen LogP contribution in [0.25, 0.3) is 0 Å². The van der Waals surface area contributed by atoms with Gasteiger partial charge in [-0.25, -0.2) is 0 Å². The number of hydrogen-bond donors (Lipinski definition) is 4. The minimum Gasteiger partial charge on any atom is -0.382 e. The van der Waals surface area contributed by atoms with E-state index in [1.807, 2.05) is 38.1 Å². The molecule has 4 N–H and O–H groups in total. The highest BCUT2D eigenvalue weighted by Gasteiger charge is 1.99. The van der Waals surface area contributed by atoms with E-state index < -0.39 is 0 Å². The summed E-state index contributed by atoms with van der Waals surface area (Å²) in [6.07, 6.45) is 0.904. The van der Waals surface area contributed by atoms with Crippen molar-refractivity contribution in [3.63, 3.8) is 0 Å². The third-order valence-electron chi connectivity index (χ3n) is 2.52. The van der Waals surface area contributed by atoms with Gasteiger partial charge in [-0.1, -0.05) is 12.1 Å². The molecule has 0 aliphatic heterocycles. The van der Waals surface area contributed by atoms with Gasteiger partial charge < -0.3 is 15.4 Å². The highest BCUT2D eigenvalue weighted by molar-refractivity contribution is 7.80. The van der Waals surface area contributed by atoms with E-state index in [1.54, 1.807) is 0 Å². The van der Waals surface area contributed by atoms with Crippen LogP contribution in [-0.4, -0.2) is 30.0 Å². The number of ether oxygens (including phenoxy) is 1. The molecular formula is C14H22N4OS2. The number of hydrogen-bond acceptors (Lipinski definition) is 3. The maximum Gasteiger partial charge on any atom is 0.189 e. The Bertz CT molecular complexity index is 468. The lowest BCUT2D eigenvalue weighted by atomic mass is 10.2. The third-order valence-corrected chi connectivity index (χ3v) is 2.97. The van der Waals surface area contributed by atoms with Gasteiger partial charge in [0.1, 0.15) is 0 Å². The van der Waals surface area contributed by atoms with Gasteiger partial charge in [-0.05, 0) is 62.4 Å². The van der Waals surface area contributed by atoms with E-state index in [4.69, 9.17) is 29.2 Å². The Morgan fingerprint density at radius 1 is 1.19 bits per heavy atom. The number of rotatable bonds is 6. The second-order valence-corrected chi connectivity index (χ2v) is 5.20. The molecule has 0 amide bonds. The fourth-order valence-electron chi connectivity index (χ4n) is 1.56. The van der Waals surface area contributed by atoms with Crippen LogP contribution in [-0.2, 0) is 4.74 Å².